The second kappa shape index (κ2) is 8.76. The number of rotatable bonds is 5. The van der Waals surface area contributed by atoms with E-state index in [0.717, 1.165) is 30.5 Å². The molecule has 0 heterocycles. The minimum Gasteiger partial charge on any atom is -0.469 e. The number of methoxy groups -OCH3 is 1. The SMILES string of the molecule is COC(=O)Cc1ccc(NC(=O)[C@@H]2CCC[C@@H]2CN)cc1.Cl. The van der Waals surface area contributed by atoms with Crippen molar-refractivity contribution in [3.8, 4) is 0 Å². The Morgan fingerprint density at radius 2 is 1.95 bits per heavy atom. The normalized spacial score (nSPS) is 20.1. The van der Waals surface area contributed by atoms with Gasteiger partial charge in [0.1, 0.15) is 0 Å². The first kappa shape index (κ1) is 18.5. The van der Waals surface area contributed by atoms with E-state index >= 15 is 0 Å². The number of anilines is 1. The lowest BCUT2D eigenvalue weighted by atomic mass is 9.95. The van der Waals surface area contributed by atoms with Gasteiger partial charge in [-0.05, 0) is 43.0 Å². The number of amides is 1. The van der Waals surface area contributed by atoms with Crippen molar-refractivity contribution in [1.82, 2.24) is 0 Å². The molecule has 0 radical (unpaired) electrons. The molecule has 1 aliphatic rings. The molecule has 0 spiro atoms. The van der Waals surface area contributed by atoms with Crippen LogP contribution in [0, 0.1) is 11.8 Å². The maximum absolute atomic E-state index is 12.3. The molecule has 1 saturated carbocycles. The fourth-order valence-corrected chi connectivity index (χ4v) is 2.84. The summed E-state index contributed by atoms with van der Waals surface area (Å²) in [6, 6.07) is 7.26. The van der Waals surface area contributed by atoms with Gasteiger partial charge >= 0.3 is 5.97 Å². The van der Waals surface area contributed by atoms with Gasteiger partial charge in [-0.15, -0.1) is 12.4 Å². The molecular formula is C16H23ClN2O3. The Kier molecular flexibility index (Phi) is 7.35. The van der Waals surface area contributed by atoms with E-state index in [9.17, 15) is 9.59 Å². The van der Waals surface area contributed by atoms with Gasteiger partial charge in [-0.25, -0.2) is 0 Å². The number of nitrogens with two attached hydrogens (primary N) is 1. The molecular weight excluding hydrogens is 304 g/mol. The standard InChI is InChI=1S/C16H22N2O3.ClH/c1-21-15(19)9-11-5-7-13(8-6-11)18-16(20)14-4-2-3-12(14)10-17;/h5-8,12,14H,2-4,9-10,17H2,1H3,(H,18,20);1H/t12-,14-;/m1./s1. The predicted octanol–water partition coefficient (Wildman–Crippen LogP) is 2.14. The predicted molar refractivity (Wildman–Crippen MR) is 87.9 cm³/mol. The average molecular weight is 327 g/mol. The molecule has 0 bridgehead atoms. The number of esters is 1. The van der Waals surface area contributed by atoms with Gasteiger partial charge in [-0.3, -0.25) is 9.59 Å². The zero-order valence-corrected chi connectivity index (χ0v) is 13.5. The molecule has 3 N–H and O–H groups in total. The minimum absolute atomic E-state index is 0. The third kappa shape index (κ3) is 4.71. The van der Waals surface area contributed by atoms with Crippen LogP contribution in [0.25, 0.3) is 0 Å². The van der Waals surface area contributed by atoms with Gasteiger partial charge in [0.25, 0.3) is 0 Å². The summed E-state index contributed by atoms with van der Waals surface area (Å²) in [5.74, 6) is 0.0838. The summed E-state index contributed by atoms with van der Waals surface area (Å²) in [5.41, 5.74) is 7.32. The van der Waals surface area contributed by atoms with Crippen molar-refractivity contribution in [3.05, 3.63) is 29.8 Å². The largest absolute Gasteiger partial charge is 0.469 e. The van der Waals surface area contributed by atoms with Crippen LogP contribution in [-0.4, -0.2) is 25.5 Å². The fourth-order valence-electron chi connectivity index (χ4n) is 2.84. The topological polar surface area (TPSA) is 81.4 Å². The maximum atomic E-state index is 12.3. The van der Waals surface area contributed by atoms with Crippen LogP contribution in [0.3, 0.4) is 0 Å². The lowest BCUT2D eigenvalue weighted by Crippen LogP contribution is -2.29. The first-order chi connectivity index (χ1) is 10.1. The summed E-state index contributed by atoms with van der Waals surface area (Å²) in [5, 5.41) is 2.93. The Hall–Kier alpha value is -1.59. The molecule has 0 unspecified atom stereocenters. The number of hydrogen-bond donors (Lipinski definition) is 2. The van der Waals surface area contributed by atoms with Crippen molar-refractivity contribution in [2.45, 2.75) is 25.7 Å². The van der Waals surface area contributed by atoms with Crippen LogP contribution >= 0.6 is 12.4 Å². The number of nitrogens with one attached hydrogen (secondary N) is 1. The number of carbonyl (C=O) groups is 2. The molecule has 2 rings (SSSR count). The van der Waals surface area contributed by atoms with E-state index in [1.807, 2.05) is 24.3 Å². The third-order valence-electron chi connectivity index (χ3n) is 4.10. The number of halogens is 1. The molecule has 6 heteroatoms. The van der Waals surface area contributed by atoms with E-state index < -0.39 is 0 Å². The summed E-state index contributed by atoms with van der Waals surface area (Å²) >= 11 is 0. The van der Waals surface area contributed by atoms with Crippen LogP contribution in [0.2, 0.25) is 0 Å². The van der Waals surface area contributed by atoms with Gasteiger partial charge in [0.05, 0.1) is 13.5 Å². The van der Waals surface area contributed by atoms with Gasteiger partial charge in [-0.1, -0.05) is 18.6 Å². The molecule has 1 aliphatic carbocycles. The van der Waals surface area contributed by atoms with Crippen LogP contribution < -0.4 is 11.1 Å². The van der Waals surface area contributed by atoms with Crippen molar-refractivity contribution in [1.29, 1.82) is 0 Å². The van der Waals surface area contributed by atoms with Crippen molar-refractivity contribution < 1.29 is 14.3 Å². The van der Waals surface area contributed by atoms with Crippen molar-refractivity contribution in [2.24, 2.45) is 17.6 Å². The van der Waals surface area contributed by atoms with Gasteiger partial charge in [-0.2, -0.15) is 0 Å². The zero-order chi connectivity index (χ0) is 15.2. The highest BCUT2D eigenvalue weighted by Gasteiger charge is 2.31. The Balaban J connectivity index is 0.00000242. The highest BCUT2D eigenvalue weighted by molar-refractivity contribution is 5.93. The van der Waals surface area contributed by atoms with E-state index in [0.29, 0.717) is 12.5 Å². The number of benzene rings is 1. The molecule has 122 valence electrons. The van der Waals surface area contributed by atoms with Gasteiger partial charge in [0.2, 0.25) is 5.91 Å². The van der Waals surface area contributed by atoms with Crippen molar-refractivity contribution in [2.75, 3.05) is 19.0 Å². The number of carbonyl (C=O) groups excluding carboxylic acids is 2. The Bertz CT molecular complexity index is 505. The number of hydrogen-bond acceptors (Lipinski definition) is 4. The van der Waals surface area contributed by atoms with Crippen LogP contribution in [-0.2, 0) is 20.7 Å². The minimum atomic E-state index is -0.275. The summed E-state index contributed by atoms with van der Waals surface area (Å²) in [4.78, 5) is 23.4. The van der Waals surface area contributed by atoms with Crippen molar-refractivity contribution >= 4 is 30.0 Å². The molecule has 1 fully saturated rings. The Morgan fingerprint density at radius 3 is 2.55 bits per heavy atom. The molecule has 5 nitrogen and oxygen atoms in total. The molecule has 0 aliphatic heterocycles. The van der Waals surface area contributed by atoms with Crippen LogP contribution in [0.5, 0.6) is 0 Å². The molecule has 1 amide bonds. The van der Waals surface area contributed by atoms with Crippen LogP contribution in [0.1, 0.15) is 24.8 Å². The van der Waals surface area contributed by atoms with E-state index in [2.05, 4.69) is 10.1 Å². The monoisotopic (exact) mass is 326 g/mol. The second-order valence-electron chi connectivity index (χ2n) is 5.47. The molecule has 22 heavy (non-hydrogen) atoms. The first-order valence-electron chi connectivity index (χ1n) is 7.30. The van der Waals surface area contributed by atoms with Crippen molar-refractivity contribution in [3.63, 3.8) is 0 Å². The fraction of sp³-hybridized carbons (Fsp3) is 0.500. The molecule has 2 atom stereocenters. The van der Waals surface area contributed by atoms with E-state index in [1.54, 1.807) is 0 Å². The van der Waals surface area contributed by atoms with Crippen LogP contribution in [0.15, 0.2) is 24.3 Å². The van der Waals surface area contributed by atoms with E-state index in [1.165, 1.54) is 7.11 Å². The third-order valence-corrected chi connectivity index (χ3v) is 4.10. The zero-order valence-electron chi connectivity index (χ0n) is 12.7. The Labute approximate surface area is 137 Å². The summed E-state index contributed by atoms with van der Waals surface area (Å²) in [6.07, 6.45) is 3.25. The lowest BCUT2D eigenvalue weighted by Gasteiger charge is -2.17. The molecule has 1 aromatic rings. The van der Waals surface area contributed by atoms with Gasteiger partial charge < -0.3 is 15.8 Å². The average Bonchev–Trinajstić information content (AvgIpc) is 2.97. The quantitative estimate of drug-likeness (QED) is 0.812. The van der Waals surface area contributed by atoms with Crippen LogP contribution in [0.4, 0.5) is 5.69 Å². The maximum Gasteiger partial charge on any atom is 0.309 e. The highest BCUT2D eigenvalue weighted by Crippen LogP contribution is 2.31. The van der Waals surface area contributed by atoms with E-state index in [4.69, 9.17) is 5.73 Å². The molecule has 1 aromatic carbocycles. The first-order valence-corrected chi connectivity index (χ1v) is 7.30. The molecule has 0 saturated heterocycles. The van der Waals surface area contributed by atoms with E-state index in [-0.39, 0.29) is 36.6 Å². The molecule has 0 aromatic heterocycles. The summed E-state index contributed by atoms with van der Waals surface area (Å²) in [6.45, 7) is 0.566. The summed E-state index contributed by atoms with van der Waals surface area (Å²) in [7, 11) is 1.37. The summed E-state index contributed by atoms with van der Waals surface area (Å²) < 4.78 is 4.62. The smallest absolute Gasteiger partial charge is 0.309 e. The lowest BCUT2D eigenvalue weighted by molar-refractivity contribution is -0.139. The highest BCUT2D eigenvalue weighted by atomic mass is 35.5. The van der Waals surface area contributed by atoms with Gasteiger partial charge in [0.15, 0.2) is 0 Å². The number of ether oxygens (including phenoxy) is 1. The van der Waals surface area contributed by atoms with Gasteiger partial charge in [0, 0.05) is 11.6 Å². The second-order valence-corrected chi connectivity index (χ2v) is 5.47. The Morgan fingerprint density at radius 1 is 1.27 bits per heavy atom.